The third-order valence-corrected chi connectivity index (χ3v) is 3.54. The molecular formula is C18H14F3N3O3. The molecule has 0 atom stereocenters. The van der Waals surface area contributed by atoms with E-state index < -0.39 is 12.3 Å². The Morgan fingerprint density at radius 2 is 1.78 bits per heavy atom. The quantitative estimate of drug-likeness (QED) is 0.715. The fourth-order valence-corrected chi connectivity index (χ4v) is 2.31. The molecule has 0 saturated heterocycles. The van der Waals surface area contributed by atoms with Gasteiger partial charge in [-0.05, 0) is 29.8 Å². The maximum Gasteiger partial charge on any atom is 0.573 e. The number of benzene rings is 2. The van der Waals surface area contributed by atoms with Gasteiger partial charge in [-0.15, -0.1) is 13.2 Å². The van der Waals surface area contributed by atoms with Crippen molar-refractivity contribution in [2.75, 3.05) is 0 Å². The number of amides is 1. The number of ether oxygens (including phenoxy) is 1. The van der Waals surface area contributed by atoms with Gasteiger partial charge in [0, 0.05) is 6.54 Å². The Labute approximate surface area is 151 Å². The minimum Gasteiger partial charge on any atom is -0.504 e. The molecule has 1 heterocycles. The lowest BCUT2D eigenvalue weighted by molar-refractivity contribution is -0.274. The standard InChI is InChI=1S/C18H14F3N3O3/c19-18(20,21)27-14-8-6-12(7-9-14)10-22-17(26)16-15(25)11-24(23-16)13-4-2-1-3-5-13/h1-9,11,25H,10H2,(H,22,26). The van der Waals surface area contributed by atoms with Crippen LogP contribution in [-0.2, 0) is 6.54 Å². The van der Waals surface area contributed by atoms with Gasteiger partial charge in [-0.25, -0.2) is 4.68 Å². The predicted octanol–water partition coefficient (Wildman–Crippen LogP) is 3.41. The van der Waals surface area contributed by atoms with Gasteiger partial charge in [0.25, 0.3) is 5.91 Å². The van der Waals surface area contributed by atoms with Crippen LogP contribution in [0.4, 0.5) is 13.2 Å². The highest BCUT2D eigenvalue weighted by Crippen LogP contribution is 2.23. The molecule has 27 heavy (non-hydrogen) atoms. The molecule has 0 fully saturated rings. The van der Waals surface area contributed by atoms with Crippen molar-refractivity contribution in [1.29, 1.82) is 0 Å². The van der Waals surface area contributed by atoms with Gasteiger partial charge in [-0.3, -0.25) is 4.79 Å². The second kappa shape index (κ2) is 7.40. The summed E-state index contributed by atoms with van der Waals surface area (Å²) in [6, 6.07) is 14.0. The number of alkyl halides is 3. The SMILES string of the molecule is O=C(NCc1ccc(OC(F)(F)F)cc1)c1nn(-c2ccccc2)cc1O. The highest BCUT2D eigenvalue weighted by molar-refractivity contribution is 5.94. The van der Waals surface area contributed by atoms with Gasteiger partial charge in [0.05, 0.1) is 11.9 Å². The molecule has 0 radical (unpaired) electrons. The molecule has 0 spiro atoms. The van der Waals surface area contributed by atoms with Crippen LogP contribution < -0.4 is 10.1 Å². The first-order valence-corrected chi connectivity index (χ1v) is 7.79. The number of nitrogens with zero attached hydrogens (tertiary/aromatic N) is 2. The number of halogens is 3. The maximum absolute atomic E-state index is 12.2. The Morgan fingerprint density at radius 3 is 2.41 bits per heavy atom. The molecule has 0 aliphatic rings. The lowest BCUT2D eigenvalue weighted by Gasteiger charge is -2.09. The predicted molar refractivity (Wildman–Crippen MR) is 89.5 cm³/mol. The molecule has 0 aliphatic heterocycles. The largest absolute Gasteiger partial charge is 0.573 e. The zero-order valence-corrected chi connectivity index (χ0v) is 13.8. The van der Waals surface area contributed by atoms with Crippen molar-refractivity contribution in [3.63, 3.8) is 0 Å². The summed E-state index contributed by atoms with van der Waals surface area (Å²) in [5, 5.41) is 16.5. The summed E-state index contributed by atoms with van der Waals surface area (Å²) in [5.74, 6) is -1.25. The number of aromatic nitrogens is 2. The van der Waals surface area contributed by atoms with Gasteiger partial charge >= 0.3 is 6.36 Å². The van der Waals surface area contributed by atoms with Crippen molar-refractivity contribution in [3.05, 3.63) is 72.1 Å². The van der Waals surface area contributed by atoms with Crippen LogP contribution in [0.1, 0.15) is 16.1 Å². The lowest BCUT2D eigenvalue weighted by Crippen LogP contribution is -2.23. The van der Waals surface area contributed by atoms with Crippen molar-refractivity contribution < 1.29 is 27.8 Å². The van der Waals surface area contributed by atoms with Crippen molar-refractivity contribution >= 4 is 5.91 Å². The highest BCUT2D eigenvalue weighted by Gasteiger charge is 2.30. The number of carbonyl (C=O) groups excluding carboxylic acids is 1. The monoisotopic (exact) mass is 377 g/mol. The molecule has 2 N–H and O–H groups in total. The molecule has 140 valence electrons. The van der Waals surface area contributed by atoms with E-state index in [-0.39, 0.29) is 23.7 Å². The number of hydrogen-bond donors (Lipinski definition) is 2. The topological polar surface area (TPSA) is 76.4 Å². The van der Waals surface area contributed by atoms with E-state index in [1.54, 1.807) is 24.3 Å². The van der Waals surface area contributed by atoms with Crippen LogP contribution in [0.2, 0.25) is 0 Å². The van der Waals surface area contributed by atoms with Crippen molar-refractivity contribution in [2.24, 2.45) is 0 Å². The number of carbonyl (C=O) groups is 1. The van der Waals surface area contributed by atoms with Crippen LogP contribution in [0.3, 0.4) is 0 Å². The van der Waals surface area contributed by atoms with Crippen LogP contribution in [0.5, 0.6) is 11.5 Å². The van der Waals surface area contributed by atoms with Gasteiger partial charge in [-0.1, -0.05) is 30.3 Å². The molecule has 1 amide bonds. The van der Waals surface area contributed by atoms with Crippen LogP contribution in [0.15, 0.2) is 60.8 Å². The third kappa shape index (κ3) is 4.78. The molecule has 3 rings (SSSR count). The van der Waals surface area contributed by atoms with Gasteiger partial charge in [0.15, 0.2) is 11.4 Å². The number of para-hydroxylation sites is 1. The van der Waals surface area contributed by atoms with E-state index in [4.69, 9.17) is 0 Å². The average molecular weight is 377 g/mol. The molecule has 0 bridgehead atoms. The van der Waals surface area contributed by atoms with Gasteiger partial charge in [0.2, 0.25) is 0 Å². The maximum atomic E-state index is 12.2. The first kappa shape index (κ1) is 18.3. The number of rotatable bonds is 5. The third-order valence-electron chi connectivity index (χ3n) is 3.54. The smallest absolute Gasteiger partial charge is 0.504 e. The normalized spacial score (nSPS) is 11.2. The molecule has 0 saturated carbocycles. The minimum absolute atomic E-state index is 0.0444. The van der Waals surface area contributed by atoms with E-state index in [1.165, 1.54) is 23.0 Å². The fraction of sp³-hybridized carbons (Fsp3) is 0.111. The zero-order valence-electron chi connectivity index (χ0n) is 13.8. The molecule has 1 aromatic heterocycles. The van der Waals surface area contributed by atoms with Gasteiger partial charge in [-0.2, -0.15) is 5.10 Å². The minimum atomic E-state index is -4.76. The van der Waals surface area contributed by atoms with Crippen molar-refractivity contribution in [3.8, 4) is 17.2 Å². The lowest BCUT2D eigenvalue weighted by atomic mass is 10.2. The molecule has 3 aromatic rings. The fourth-order valence-electron chi connectivity index (χ4n) is 2.31. The molecule has 6 nitrogen and oxygen atoms in total. The first-order valence-electron chi connectivity index (χ1n) is 7.79. The van der Waals surface area contributed by atoms with Crippen molar-refractivity contribution in [2.45, 2.75) is 12.9 Å². The van der Waals surface area contributed by atoms with Gasteiger partial charge < -0.3 is 15.2 Å². The molecule has 0 aliphatic carbocycles. The van der Waals surface area contributed by atoms with E-state index in [0.29, 0.717) is 11.3 Å². The van der Waals surface area contributed by atoms with E-state index in [1.807, 2.05) is 6.07 Å². The summed E-state index contributed by atoms with van der Waals surface area (Å²) in [4.78, 5) is 12.2. The van der Waals surface area contributed by atoms with E-state index in [2.05, 4.69) is 15.2 Å². The highest BCUT2D eigenvalue weighted by atomic mass is 19.4. The average Bonchev–Trinajstić information content (AvgIpc) is 3.02. The Balaban J connectivity index is 1.64. The summed E-state index contributed by atoms with van der Waals surface area (Å²) >= 11 is 0. The van der Waals surface area contributed by atoms with E-state index in [0.717, 1.165) is 12.1 Å². The summed E-state index contributed by atoms with van der Waals surface area (Å²) in [5.41, 5.74) is 1.07. The Bertz CT molecular complexity index is 923. The summed E-state index contributed by atoms with van der Waals surface area (Å²) in [6.45, 7) is 0.0444. The Kier molecular flexibility index (Phi) is 5.02. The Hall–Kier alpha value is -3.49. The summed E-state index contributed by atoms with van der Waals surface area (Å²) < 4.78 is 41.5. The van der Waals surface area contributed by atoms with Crippen molar-refractivity contribution in [1.82, 2.24) is 15.1 Å². The van der Waals surface area contributed by atoms with Crippen LogP contribution in [0, 0.1) is 0 Å². The molecular weight excluding hydrogens is 363 g/mol. The number of aromatic hydroxyl groups is 1. The Morgan fingerprint density at radius 1 is 1.11 bits per heavy atom. The van der Waals surface area contributed by atoms with E-state index in [9.17, 15) is 23.1 Å². The summed E-state index contributed by atoms with van der Waals surface area (Å²) in [6.07, 6.45) is -3.45. The van der Waals surface area contributed by atoms with E-state index >= 15 is 0 Å². The number of hydrogen-bond acceptors (Lipinski definition) is 4. The molecule has 9 heteroatoms. The second-order valence-corrected chi connectivity index (χ2v) is 5.52. The summed E-state index contributed by atoms with van der Waals surface area (Å²) in [7, 11) is 0. The van der Waals surface area contributed by atoms with Crippen LogP contribution >= 0.6 is 0 Å². The molecule has 2 aromatic carbocycles. The van der Waals surface area contributed by atoms with Crippen LogP contribution in [0.25, 0.3) is 5.69 Å². The second-order valence-electron chi connectivity index (χ2n) is 5.52. The number of nitrogens with one attached hydrogen (secondary N) is 1. The first-order chi connectivity index (χ1) is 12.8. The van der Waals surface area contributed by atoms with Crippen LogP contribution in [-0.4, -0.2) is 27.2 Å². The van der Waals surface area contributed by atoms with Gasteiger partial charge in [0.1, 0.15) is 5.75 Å². The zero-order chi connectivity index (χ0) is 19.4. The molecule has 0 unspecified atom stereocenters.